The molecule has 90 valence electrons. The third-order valence-corrected chi connectivity index (χ3v) is 2.43. The van der Waals surface area contributed by atoms with Crippen molar-refractivity contribution in [3.05, 3.63) is 29.6 Å². The first-order valence-electron chi connectivity index (χ1n) is 5.39. The Labute approximate surface area is 95.2 Å². The number of ether oxygens (including phenoxy) is 1. The molecule has 0 amide bonds. The van der Waals surface area contributed by atoms with Crippen molar-refractivity contribution < 1.29 is 14.2 Å². The molecule has 3 nitrogen and oxygen atoms in total. The van der Waals surface area contributed by atoms with Crippen LogP contribution in [0.3, 0.4) is 0 Å². The number of rotatable bonds is 6. The topological polar surface area (TPSA) is 41.5 Å². The van der Waals surface area contributed by atoms with Crippen molar-refractivity contribution in [1.82, 2.24) is 5.32 Å². The molecule has 4 heteroatoms. The van der Waals surface area contributed by atoms with Crippen LogP contribution >= 0.6 is 0 Å². The van der Waals surface area contributed by atoms with Crippen LogP contribution in [0.2, 0.25) is 0 Å². The van der Waals surface area contributed by atoms with Crippen molar-refractivity contribution in [2.24, 2.45) is 0 Å². The maximum absolute atomic E-state index is 13.7. The lowest BCUT2D eigenvalue weighted by Gasteiger charge is -2.11. The summed E-state index contributed by atoms with van der Waals surface area (Å²) in [5.41, 5.74) is 0.544. The van der Waals surface area contributed by atoms with Gasteiger partial charge in [0.05, 0.1) is 13.2 Å². The maximum Gasteiger partial charge on any atom is 0.169 e. The third kappa shape index (κ3) is 3.47. The van der Waals surface area contributed by atoms with Gasteiger partial charge in [-0.2, -0.15) is 0 Å². The second-order valence-electron chi connectivity index (χ2n) is 3.63. The van der Waals surface area contributed by atoms with Gasteiger partial charge in [-0.25, -0.2) is 4.39 Å². The normalized spacial score (nSPS) is 12.5. The molecule has 0 saturated heterocycles. The number of benzene rings is 1. The predicted molar refractivity (Wildman–Crippen MR) is 61.0 cm³/mol. The number of aliphatic hydroxyl groups is 1. The quantitative estimate of drug-likeness (QED) is 0.777. The van der Waals surface area contributed by atoms with E-state index in [-0.39, 0.29) is 17.7 Å². The lowest BCUT2D eigenvalue weighted by Crippen LogP contribution is -2.26. The summed E-state index contributed by atoms with van der Waals surface area (Å²) in [6.07, 6.45) is 0.307. The fraction of sp³-hybridized carbons (Fsp3) is 0.500. The molecule has 1 rings (SSSR count). The summed E-state index contributed by atoms with van der Waals surface area (Å²) < 4.78 is 18.5. The molecule has 0 bridgehead atoms. The Hall–Kier alpha value is -1.13. The van der Waals surface area contributed by atoms with Crippen molar-refractivity contribution in [2.45, 2.75) is 26.0 Å². The average molecular weight is 227 g/mol. The number of nitrogens with one attached hydrogen (secondary N) is 1. The van der Waals surface area contributed by atoms with E-state index in [1.807, 2.05) is 6.92 Å². The van der Waals surface area contributed by atoms with Crippen LogP contribution in [-0.4, -0.2) is 24.9 Å². The Morgan fingerprint density at radius 3 is 2.88 bits per heavy atom. The predicted octanol–water partition coefficient (Wildman–Crippen LogP) is 1.69. The minimum absolute atomic E-state index is 0.246. The van der Waals surface area contributed by atoms with Gasteiger partial charge in [-0.3, -0.25) is 0 Å². The fourth-order valence-corrected chi connectivity index (χ4v) is 1.37. The highest BCUT2D eigenvalue weighted by molar-refractivity contribution is 5.30. The van der Waals surface area contributed by atoms with Gasteiger partial charge < -0.3 is 15.2 Å². The summed E-state index contributed by atoms with van der Waals surface area (Å²) in [7, 11) is 1.44. The Balaban J connectivity index is 2.54. The van der Waals surface area contributed by atoms with E-state index in [1.165, 1.54) is 7.11 Å². The smallest absolute Gasteiger partial charge is 0.169 e. The number of aliphatic hydroxyl groups excluding tert-OH is 1. The molecule has 0 aliphatic heterocycles. The van der Waals surface area contributed by atoms with Crippen LogP contribution in [0.5, 0.6) is 5.75 Å². The first-order valence-corrected chi connectivity index (χ1v) is 5.39. The average Bonchev–Trinajstić information content (AvgIpc) is 2.31. The van der Waals surface area contributed by atoms with Crippen LogP contribution in [0, 0.1) is 5.82 Å². The summed E-state index contributed by atoms with van der Waals surface area (Å²) >= 11 is 0. The van der Waals surface area contributed by atoms with E-state index < -0.39 is 0 Å². The maximum atomic E-state index is 13.7. The van der Waals surface area contributed by atoms with Crippen molar-refractivity contribution >= 4 is 0 Å². The van der Waals surface area contributed by atoms with Crippen molar-refractivity contribution in [3.8, 4) is 5.75 Å². The molecule has 1 aromatic carbocycles. The van der Waals surface area contributed by atoms with Crippen LogP contribution < -0.4 is 10.1 Å². The monoisotopic (exact) mass is 227 g/mol. The lowest BCUT2D eigenvalue weighted by molar-refractivity contribution is 0.167. The number of methoxy groups -OCH3 is 1. The van der Waals surface area contributed by atoms with E-state index in [4.69, 9.17) is 4.74 Å². The molecule has 0 heterocycles. The molecule has 0 aromatic heterocycles. The standard InChI is InChI=1S/C12H18FNO2/c1-3-10(15)8-14-7-9-5-4-6-11(16-2)12(9)13/h4-6,10,14-15H,3,7-8H2,1-2H3/t10-/m1/s1. The summed E-state index contributed by atoms with van der Waals surface area (Å²) in [5, 5.41) is 12.3. The molecule has 0 aliphatic carbocycles. The van der Waals surface area contributed by atoms with Crippen LogP contribution in [0.4, 0.5) is 4.39 Å². The van der Waals surface area contributed by atoms with E-state index in [2.05, 4.69) is 5.32 Å². The first-order chi connectivity index (χ1) is 7.69. The number of hydrogen-bond acceptors (Lipinski definition) is 3. The summed E-state index contributed by atoms with van der Waals surface area (Å²) in [4.78, 5) is 0. The van der Waals surface area contributed by atoms with E-state index in [9.17, 15) is 9.50 Å². The van der Waals surface area contributed by atoms with Gasteiger partial charge in [-0.15, -0.1) is 0 Å². The van der Waals surface area contributed by atoms with Gasteiger partial charge >= 0.3 is 0 Å². The van der Waals surface area contributed by atoms with Gasteiger partial charge in [0.25, 0.3) is 0 Å². The van der Waals surface area contributed by atoms with Gasteiger partial charge in [0, 0.05) is 18.7 Å². The van der Waals surface area contributed by atoms with Crippen LogP contribution in [-0.2, 0) is 6.54 Å². The Morgan fingerprint density at radius 2 is 2.25 bits per heavy atom. The molecular formula is C12H18FNO2. The molecule has 0 saturated carbocycles. The van der Waals surface area contributed by atoms with Gasteiger partial charge in [0.2, 0.25) is 0 Å². The van der Waals surface area contributed by atoms with Crippen molar-refractivity contribution in [2.75, 3.05) is 13.7 Å². The van der Waals surface area contributed by atoms with Crippen molar-refractivity contribution in [1.29, 1.82) is 0 Å². The number of halogens is 1. The van der Waals surface area contributed by atoms with Crippen molar-refractivity contribution in [3.63, 3.8) is 0 Å². The van der Waals surface area contributed by atoms with E-state index in [0.717, 1.165) is 0 Å². The molecule has 1 atom stereocenters. The highest BCUT2D eigenvalue weighted by atomic mass is 19.1. The second kappa shape index (κ2) is 6.45. The van der Waals surface area contributed by atoms with Crippen LogP contribution in [0.25, 0.3) is 0 Å². The summed E-state index contributed by atoms with van der Waals surface area (Å²) in [5.74, 6) is -0.0983. The molecule has 1 aromatic rings. The molecule has 0 spiro atoms. The van der Waals surface area contributed by atoms with Gasteiger partial charge in [0.1, 0.15) is 0 Å². The zero-order valence-electron chi connectivity index (χ0n) is 9.66. The summed E-state index contributed by atoms with van der Waals surface area (Å²) in [6, 6.07) is 5.03. The second-order valence-corrected chi connectivity index (χ2v) is 3.63. The molecule has 0 unspecified atom stereocenters. The van der Waals surface area contributed by atoms with E-state index in [0.29, 0.717) is 25.1 Å². The van der Waals surface area contributed by atoms with Gasteiger partial charge in [-0.1, -0.05) is 19.1 Å². The first kappa shape index (κ1) is 12.9. The SMILES string of the molecule is CC[C@@H](O)CNCc1cccc(OC)c1F. The third-order valence-electron chi connectivity index (χ3n) is 2.43. The van der Waals surface area contributed by atoms with Crippen LogP contribution in [0.1, 0.15) is 18.9 Å². The Kier molecular flexibility index (Phi) is 5.22. The highest BCUT2D eigenvalue weighted by Crippen LogP contribution is 2.19. The van der Waals surface area contributed by atoms with Crippen LogP contribution in [0.15, 0.2) is 18.2 Å². The molecule has 0 fully saturated rings. The molecule has 16 heavy (non-hydrogen) atoms. The zero-order valence-corrected chi connectivity index (χ0v) is 9.66. The highest BCUT2D eigenvalue weighted by Gasteiger charge is 2.08. The lowest BCUT2D eigenvalue weighted by atomic mass is 10.2. The van der Waals surface area contributed by atoms with E-state index >= 15 is 0 Å². The minimum Gasteiger partial charge on any atom is -0.494 e. The van der Waals surface area contributed by atoms with E-state index in [1.54, 1.807) is 18.2 Å². The molecular weight excluding hydrogens is 209 g/mol. The fourth-order valence-electron chi connectivity index (χ4n) is 1.37. The Bertz CT molecular complexity index is 331. The van der Waals surface area contributed by atoms with Gasteiger partial charge in [-0.05, 0) is 12.5 Å². The summed E-state index contributed by atoms with van der Waals surface area (Å²) in [6.45, 7) is 2.76. The molecule has 2 N–H and O–H groups in total. The Morgan fingerprint density at radius 1 is 1.50 bits per heavy atom. The minimum atomic E-state index is -0.381. The molecule has 0 radical (unpaired) electrons. The largest absolute Gasteiger partial charge is 0.494 e. The number of hydrogen-bond donors (Lipinski definition) is 2. The molecule has 0 aliphatic rings. The van der Waals surface area contributed by atoms with Gasteiger partial charge in [0.15, 0.2) is 11.6 Å². The zero-order chi connectivity index (χ0) is 12.0.